The molecule has 12 heavy (non-hydrogen) atoms. The van der Waals surface area contributed by atoms with Gasteiger partial charge in [0.1, 0.15) is 5.54 Å². The third-order valence-corrected chi connectivity index (χ3v) is 3.00. The standard InChI is InChI=1S/C10H18N2/c1-3-4-9-6-10(12,7-11)5-8(9)2/h8-9H,3-6,12H2,1-2H3. The molecular formula is C10H18N2. The Morgan fingerprint density at radius 3 is 2.67 bits per heavy atom. The molecule has 2 nitrogen and oxygen atoms in total. The van der Waals surface area contributed by atoms with Crippen molar-refractivity contribution in [1.29, 1.82) is 5.26 Å². The van der Waals surface area contributed by atoms with Crippen LogP contribution in [-0.2, 0) is 0 Å². The normalized spacial score (nSPS) is 41.2. The third-order valence-electron chi connectivity index (χ3n) is 3.00. The number of nitrogens with zero attached hydrogens (tertiary/aromatic N) is 1. The molecule has 0 aromatic heterocycles. The van der Waals surface area contributed by atoms with Gasteiger partial charge in [-0.25, -0.2) is 0 Å². The monoisotopic (exact) mass is 166 g/mol. The van der Waals surface area contributed by atoms with E-state index in [4.69, 9.17) is 11.0 Å². The summed E-state index contributed by atoms with van der Waals surface area (Å²) in [5.41, 5.74) is 5.39. The third kappa shape index (κ3) is 1.78. The molecule has 68 valence electrons. The van der Waals surface area contributed by atoms with Crippen molar-refractivity contribution in [2.24, 2.45) is 17.6 Å². The number of hydrogen-bond acceptors (Lipinski definition) is 2. The summed E-state index contributed by atoms with van der Waals surface area (Å²) in [6.07, 6.45) is 4.21. The lowest BCUT2D eigenvalue weighted by Gasteiger charge is -2.13. The molecule has 2 N–H and O–H groups in total. The van der Waals surface area contributed by atoms with Gasteiger partial charge in [0.2, 0.25) is 0 Å². The van der Waals surface area contributed by atoms with Crippen LogP contribution >= 0.6 is 0 Å². The molecule has 0 radical (unpaired) electrons. The van der Waals surface area contributed by atoms with Crippen LogP contribution in [0, 0.1) is 23.2 Å². The lowest BCUT2D eigenvalue weighted by molar-refractivity contribution is 0.387. The number of rotatable bonds is 2. The molecular weight excluding hydrogens is 148 g/mol. The molecule has 1 rings (SSSR count). The molecule has 0 aromatic rings. The fourth-order valence-corrected chi connectivity index (χ4v) is 2.34. The maximum absolute atomic E-state index is 8.85. The van der Waals surface area contributed by atoms with Gasteiger partial charge < -0.3 is 5.73 Å². The number of hydrogen-bond donors (Lipinski definition) is 1. The fourth-order valence-electron chi connectivity index (χ4n) is 2.34. The van der Waals surface area contributed by atoms with Gasteiger partial charge in [-0.3, -0.25) is 0 Å². The molecule has 0 saturated heterocycles. The Morgan fingerprint density at radius 1 is 1.58 bits per heavy atom. The predicted octanol–water partition coefficient (Wildman–Crippen LogP) is 2.05. The van der Waals surface area contributed by atoms with Crippen molar-refractivity contribution in [2.75, 3.05) is 0 Å². The first-order valence-corrected chi connectivity index (χ1v) is 4.81. The Bertz CT molecular complexity index is 195. The minimum atomic E-state index is -0.515. The van der Waals surface area contributed by atoms with E-state index in [-0.39, 0.29) is 0 Å². The van der Waals surface area contributed by atoms with Crippen LogP contribution in [0.15, 0.2) is 0 Å². The highest BCUT2D eigenvalue weighted by atomic mass is 14.8. The minimum absolute atomic E-state index is 0.515. The highest BCUT2D eigenvalue weighted by Gasteiger charge is 2.40. The van der Waals surface area contributed by atoms with Crippen LogP contribution in [0.2, 0.25) is 0 Å². The van der Waals surface area contributed by atoms with Crippen molar-refractivity contribution in [3.63, 3.8) is 0 Å². The van der Waals surface area contributed by atoms with Gasteiger partial charge in [0, 0.05) is 0 Å². The van der Waals surface area contributed by atoms with Gasteiger partial charge in [0.05, 0.1) is 6.07 Å². The van der Waals surface area contributed by atoms with E-state index >= 15 is 0 Å². The van der Waals surface area contributed by atoms with E-state index < -0.39 is 5.54 Å². The van der Waals surface area contributed by atoms with Crippen LogP contribution in [0.4, 0.5) is 0 Å². The first kappa shape index (κ1) is 9.54. The Morgan fingerprint density at radius 2 is 2.25 bits per heavy atom. The predicted molar refractivity (Wildman–Crippen MR) is 49.3 cm³/mol. The largest absolute Gasteiger partial charge is 0.313 e. The molecule has 0 amide bonds. The van der Waals surface area contributed by atoms with Crippen LogP contribution in [0.1, 0.15) is 39.5 Å². The quantitative estimate of drug-likeness (QED) is 0.682. The molecule has 0 spiro atoms. The fraction of sp³-hybridized carbons (Fsp3) is 0.900. The second-order valence-electron chi connectivity index (χ2n) is 4.20. The smallest absolute Gasteiger partial charge is 0.104 e. The van der Waals surface area contributed by atoms with Crippen LogP contribution < -0.4 is 5.73 Å². The Hall–Kier alpha value is -0.550. The van der Waals surface area contributed by atoms with Gasteiger partial charge >= 0.3 is 0 Å². The summed E-state index contributed by atoms with van der Waals surface area (Å²) in [4.78, 5) is 0. The number of nitriles is 1. The zero-order valence-electron chi connectivity index (χ0n) is 8.01. The van der Waals surface area contributed by atoms with E-state index in [0.29, 0.717) is 11.8 Å². The Labute approximate surface area is 74.8 Å². The van der Waals surface area contributed by atoms with Crippen LogP contribution in [0.5, 0.6) is 0 Å². The summed E-state index contributed by atoms with van der Waals surface area (Å²) in [5, 5.41) is 8.85. The van der Waals surface area contributed by atoms with Crippen molar-refractivity contribution in [3.8, 4) is 6.07 Å². The van der Waals surface area contributed by atoms with E-state index in [1.165, 1.54) is 12.8 Å². The second kappa shape index (κ2) is 3.45. The zero-order chi connectivity index (χ0) is 9.19. The van der Waals surface area contributed by atoms with Crippen molar-refractivity contribution >= 4 is 0 Å². The van der Waals surface area contributed by atoms with E-state index in [1.54, 1.807) is 0 Å². The highest BCUT2D eigenvalue weighted by Crippen LogP contribution is 2.39. The van der Waals surface area contributed by atoms with Gasteiger partial charge in [0.25, 0.3) is 0 Å². The van der Waals surface area contributed by atoms with E-state index in [1.807, 2.05) is 0 Å². The molecule has 3 unspecified atom stereocenters. The van der Waals surface area contributed by atoms with Crippen LogP contribution in [-0.4, -0.2) is 5.54 Å². The van der Waals surface area contributed by atoms with Crippen molar-refractivity contribution in [3.05, 3.63) is 0 Å². The summed E-state index contributed by atoms with van der Waals surface area (Å²) in [6.45, 7) is 4.40. The molecule has 1 aliphatic rings. The Balaban J connectivity index is 2.57. The average Bonchev–Trinajstić information content (AvgIpc) is 2.30. The molecule has 1 saturated carbocycles. The molecule has 0 heterocycles. The Kier molecular flexibility index (Phi) is 2.74. The molecule has 1 fully saturated rings. The van der Waals surface area contributed by atoms with Gasteiger partial charge in [-0.2, -0.15) is 5.26 Å². The lowest BCUT2D eigenvalue weighted by Crippen LogP contribution is -2.34. The van der Waals surface area contributed by atoms with E-state index in [2.05, 4.69) is 19.9 Å². The lowest BCUT2D eigenvalue weighted by atomic mass is 9.93. The average molecular weight is 166 g/mol. The second-order valence-corrected chi connectivity index (χ2v) is 4.20. The van der Waals surface area contributed by atoms with E-state index in [0.717, 1.165) is 12.8 Å². The van der Waals surface area contributed by atoms with Crippen molar-refractivity contribution in [1.82, 2.24) is 0 Å². The van der Waals surface area contributed by atoms with Gasteiger partial charge in [0.15, 0.2) is 0 Å². The number of nitrogens with two attached hydrogens (primary N) is 1. The molecule has 2 heteroatoms. The SMILES string of the molecule is CCCC1CC(N)(C#N)CC1C. The summed E-state index contributed by atoms with van der Waals surface area (Å²) >= 11 is 0. The summed E-state index contributed by atoms with van der Waals surface area (Å²) in [5.74, 6) is 1.31. The minimum Gasteiger partial charge on any atom is -0.313 e. The molecule has 1 aliphatic carbocycles. The summed E-state index contributed by atoms with van der Waals surface area (Å²) in [7, 11) is 0. The first-order valence-electron chi connectivity index (χ1n) is 4.81. The summed E-state index contributed by atoms with van der Waals surface area (Å²) in [6, 6.07) is 2.24. The van der Waals surface area contributed by atoms with Crippen LogP contribution in [0.3, 0.4) is 0 Å². The maximum Gasteiger partial charge on any atom is 0.104 e. The first-order chi connectivity index (χ1) is 5.61. The summed E-state index contributed by atoms with van der Waals surface area (Å²) < 4.78 is 0. The van der Waals surface area contributed by atoms with Crippen LogP contribution in [0.25, 0.3) is 0 Å². The van der Waals surface area contributed by atoms with Gasteiger partial charge in [-0.15, -0.1) is 0 Å². The zero-order valence-corrected chi connectivity index (χ0v) is 8.01. The van der Waals surface area contributed by atoms with E-state index in [9.17, 15) is 0 Å². The molecule has 0 aliphatic heterocycles. The molecule has 0 bridgehead atoms. The van der Waals surface area contributed by atoms with Crippen molar-refractivity contribution in [2.45, 2.75) is 45.1 Å². The van der Waals surface area contributed by atoms with Gasteiger partial charge in [-0.05, 0) is 24.7 Å². The van der Waals surface area contributed by atoms with Crippen molar-refractivity contribution < 1.29 is 0 Å². The topological polar surface area (TPSA) is 49.8 Å². The molecule has 3 atom stereocenters. The highest BCUT2D eigenvalue weighted by molar-refractivity contribution is 5.10. The molecule has 0 aromatic carbocycles. The van der Waals surface area contributed by atoms with Gasteiger partial charge in [-0.1, -0.05) is 26.7 Å². The maximum atomic E-state index is 8.85.